The van der Waals surface area contributed by atoms with Crippen LogP contribution in [0.2, 0.25) is 0 Å². The molecule has 3 aromatic carbocycles. The van der Waals surface area contributed by atoms with E-state index >= 15 is 0 Å². The van der Waals surface area contributed by atoms with Crippen LogP contribution in [0.1, 0.15) is 134 Å². The SMILES string of the molecule is C=C(COC(=O)c1ccc2cc3ccccc3cc2c1)C[C@@H]1C[C@H](O)[C@@H]2O[C@@H]3C[C@]4(C)O[C@@H]5C=CC[C@@H]6O[C@H]7C(CC=CCC6OC5CCCC4OC3CC2O1)OC1CC2OC3CC(=O)O[C@H]3C[C@@H](C)C[C@@]2(C)O[C@H]1C[C@@H]7C. The zero-order chi connectivity index (χ0) is 53.5. The van der Waals surface area contributed by atoms with Crippen LogP contribution >= 0.6 is 0 Å². The lowest BCUT2D eigenvalue weighted by molar-refractivity contribution is -0.316. The number of carbonyl (C=O) groups is 2. The van der Waals surface area contributed by atoms with Crippen LogP contribution in [0.3, 0.4) is 0 Å². The molecular formula is C64H80O14. The highest BCUT2D eigenvalue weighted by atomic mass is 16.6. The lowest BCUT2D eigenvalue weighted by Crippen LogP contribution is -2.65. The van der Waals surface area contributed by atoms with Gasteiger partial charge in [-0.3, -0.25) is 4.79 Å². The number of fused-ring (bicyclic) bond motifs is 11. The highest BCUT2D eigenvalue weighted by Crippen LogP contribution is 2.49. The number of benzene rings is 3. The summed E-state index contributed by atoms with van der Waals surface area (Å²) in [5.41, 5.74) is 0.0616. The van der Waals surface area contributed by atoms with Crippen LogP contribution < -0.4 is 0 Å². The summed E-state index contributed by atoms with van der Waals surface area (Å²) in [6.45, 7) is 13.2. The molecule has 8 fully saturated rings. The van der Waals surface area contributed by atoms with Gasteiger partial charge >= 0.3 is 11.9 Å². The van der Waals surface area contributed by atoms with E-state index in [0.29, 0.717) is 50.0 Å². The minimum Gasteiger partial charge on any atom is -0.459 e. The maximum Gasteiger partial charge on any atom is 0.338 e. The molecule has 10 aliphatic rings. The van der Waals surface area contributed by atoms with Crippen molar-refractivity contribution in [2.24, 2.45) is 11.8 Å². The minimum atomic E-state index is -0.739. The smallest absolute Gasteiger partial charge is 0.338 e. The van der Waals surface area contributed by atoms with E-state index in [4.69, 9.17) is 52.1 Å². The summed E-state index contributed by atoms with van der Waals surface area (Å²) in [6.07, 6.45) is 14.5. The Morgan fingerprint density at radius 2 is 1.36 bits per heavy atom. The zero-order valence-electron chi connectivity index (χ0n) is 45.8. The molecule has 78 heavy (non-hydrogen) atoms. The van der Waals surface area contributed by atoms with Gasteiger partial charge in [0.15, 0.2) is 0 Å². The summed E-state index contributed by atoms with van der Waals surface area (Å²) in [7, 11) is 0. The van der Waals surface area contributed by atoms with Crippen LogP contribution in [-0.4, -0.2) is 145 Å². The largest absolute Gasteiger partial charge is 0.459 e. The number of hydrogen-bond acceptors (Lipinski definition) is 14. The number of aliphatic hydroxyl groups excluding tert-OH is 1. The topological polar surface area (TPSA) is 156 Å². The van der Waals surface area contributed by atoms with E-state index in [2.05, 4.69) is 82.8 Å². The maximum absolute atomic E-state index is 13.2. The molecule has 420 valence electrons. The average molecular weight is 1070 g/mol. The monoisotopic (exact) mass is 1070 g/mol. The summed E-state index contributed by atoms with van der Waals surface area (Å²) in [5, 5.41) is 15.9. The molecule has 1 N–H and O–H groups in total. The van der Waals surface area contributed by atoms with Gasteiger partial charge in [-0.25, -0.2) is 4.79 Å². The second-order valence-corrected chi connectivity index (χ2v) is 25.5. The Bertz CT molecular complexity index is 2780. The number of hydrogen-bond donors (Lipinski definition) is 1. The summed E-state index contributed by atoms with van der Waals surface area (Å²) in [4.78, 5) is 25.6. The van der Waals surface area contributed by atoms with Gasteiger partial charge in [0.05, 0.1) is 109 Å². The first-order chi connectivity index (χ1) is 37.7. The van der Waals surface area contributed by atoms with Crippen molar-refractivity contribution in [1.82, 2.24) is 0 Å². The Balaban J connectivity index is 0.625. The molecule has 0 aromatic heterocycles. The molecule has 14 heteroatoms. The van der Waals surface area contributed by atoms with Crippen molar-refractivity contribution in [2.75, 3.05) is 6.61 Å². The normalized spacial score (nSPS) is 44.4. The molecule has 10 aliphatic heterocycles. The van der Waals surface area contributed by atoms with E-state index in [1.165, 1.54) is 0 Å². The zero-order valence-corrected chi connectivity index (χ0v) is 45.8. The second-order valence-electron chi connectivity index (χ2n) is 25.5. The van der Waals surface area contributed by atoms with Crippen LogP contribution in [0.5, 0.6) is 0 Å². The number of carbonyl (C=O) groups excluding carboxylic acids is 2. The van der Waals surface area contributed by atoms with E-state index in [1.807, 2.05) is 24.3 Å². The first kappa shape index (κ1) is 53.3. The van der Waals surface area contributed by atoms with E-state index in [9.17, 15) is 14.7 Å². The Morgan fingerprint density at radius 1 is 0.641 bits per heavy atom. The second kappa shape index (κ2) is 21.7. The van der Waals surface area contributed by atoms with Crippen molar-refractivity contribution in [3.63, 3.8) is 0 Å². The van der Waals surface area contributed by atoms with Gasteiger partial charge in [0, 0.05) is 25.7 Å². The highest BCUT2D eigenvalue weighted by Gasteiger charge is 2.57. The third kappa shape index (κ3) is 10.7. The molecule has 0 amide bonds. The molecule has 14 nitrogen and oxygen atoms in total. The van der Waals surface area contributed by atoms with Gasteiger partial charge in [-0.15, -0.1) is 0 Å². The fourth-order valence-corrected chi connectivity index (χ4v) is 15.5. The predicted octanol–water partition coefficient (Wildman–Crippen LogP) is 9.92. The van der Waals surface area contributed by atoms with Gasteiger partial charge in [0.25, 0.3) is 0 Å². The average Bonchev–Trinajstić information content (AvgIpc) is 3.91. The minimum absolute atomic E-state index is 0.0607. The van der Waals surface area contributed by atoms with Crippen molar-refractivity contribution >= 4 is 33.5 Å². The number of ether oxygens (including phenoxy) is 11. The summed E-state index contributed by atoms with van der Waals surface area (Å²) >= 11 is 0. The van der Waals surface area contributed by atoms with E-state index < -0.39 is 29.4 Å². The third-order valence-corrected chi connectivity index (χ3v) is 19.4. The highest BCUT2D eigenvalue weighted by molar-refractivity contribution is 6.01. The number of aliphatic hydroxyl groups is 1. The molecule has 10 heterocycles. The lowest BCUT2D eigenvalue weighted by atomic mass is 9.78. The van der Waals surface area contributed by atoms with Gasteiger partial charge in [-0.05, 0) is 141 Å². The van der Waals surface area contributed by atoms with Gasteiger partial charge in [-0.2, -0.15) is 0 Å². The first-order valence-corrected chi connectivity index (χ1v) is 29.6. The quantitative estimate of drug-likeness (QED) is 0.146. The molecule has 8 saturated heterocycles. The molecule has 0 spiro atoms. The van der Waals surface area contributed by atoms with Crippen molar-refractivity contribution in [3.8, 4) is 0 Å². The Labute approximate surface area is 458 Å². The molecule has 0 saturated carbocycles. The fraction of sp³-hybridized carbons (Fsp3) is 0.656. The Hall–Kier alpha value is -4.06. The van der Waals surface area contributed by atoms with Crippen LogP contribution in [0.15, 0.2) is 91.1 Å². The summed E-state index contributed by atoms with van der Waals surface area (Å²) in [5.74, 6) is -0.0926. The van der Waals surface area contributed by atoms with E-state index in [1.54, 1.807) is 6.07 Å². The van der Waals surface area contributed by atoms with Crippen LogP contribution in [0.25, 0.3) is 21.5 Å². The standard InChI is InChI=1S/C64H80O14/c1-35-23-50-53(31-59(66)74-50)73-58-30-52-54(78-63(58,4)32-35)24-37(3)60-49(71-52)15-9-8-14-45-46(75-60)16-10-18-48-47(70-45)17-11-19-57-64(5,77-48)33-56-51(72-57)29-55-61(76-56)44(65)28-43(69-55)22-36(2)34-68-62(67)41-21-20-40-25-38-12-6-7-13-39(38)26-42(40)27-41/h6-10,12-13,18,20-21,25-27,35,37,43-58,60-61,65H,2,11,14-17,19,22-24,28-34H2,1,3-5H3/t35-,37+,43-,44+,45?,46+,47?,48-,49?,50+,51?,52?,53?,54+,55?,56-,57?,58?,60-,61+,63-,64+/m1/s1. The Kier molecular flexibility index (Phi) is 14.8. The van der Waals surface area contributed by atoms with Crippen molar-refractivity contribution < 1.29 is 66.8 Å². The number of rotatable bonds is 5. The fourth-order valence-electron chi connectivity index (χ4n) is 15.5. The molecule has 0 radical (unpaired) electrons. The molecule has 13 rings (SSSR count). The van der Waals surface area contributed by atoms with Gasteiger partial charge in [0.1, 0.15) is 31.0 Å². The Morgan fingerprint density at radius 3 is 2.21 bits per heavy atom. The molecular weight excluding hydrogens is 993 g/mol. The molecule has 3 aromatic rings. The van der Waals surface area contributed by atoms with Crippen molar-refractivity contribution in [1.29, 1.82) is 0 Å². The van der Waals surface area contributed by atoms with Gasteiger partial charge < -0.3 is 57.2 Å². The van der Waals surface area contributed by atoms with Gasteiger partial charge in [0.2, 0.25) is 0 Å². The molecule has 22 atom stereocenters. The maximum atomic E-state index is 13.2. The summed E-state index contributed by atoms with van der Waals surface area (Å²) < 4.78 is 74.8. The van der Waals surface area contributed by atoms with Crippen molar-refractivity contribution in [2.45, 2.75) is 245 Å². The summed E-state index contributed by atoms with van der Waals surface area (Å²) in [6, 6.07) is 18.1. The van der Waals surface area contributed by atoms with E-state index in [0.717, 1.165) is 78.5 Å². The predicted molar refractivity (Wildman–Crippen MR) is 290 cm³/mol. The third-order valence-electron chi connectivity index (χ3n) is 19.4. The van der Waals surface area contributed by atoms with E-state index in [-0.39, 0.29) is 123 Å². The van der Waals surface area contributed by atoms with Gasteiger partial charge in [-0.1, -0.05) is 75.1 Å². The number of esters is 2. The lowest BCUT2D eigenvalue weighted by Gasteiger charge is -2.55. The molecule has 0 bridgehead atoms. The van der Waals surface area contributed by atoms with Crippen LogP contribution in [-0.2, 0) is 56.9 Å². The first-order valence-electron chi connectivity index (χ1n) is 29.6. The van der Waals surface area contributed by atoms with Crippen molar-refractivity contribution in [3.05, 3.63) is 96.6 Å². The molecule has 0 aliphatic carbocycles. The van der Waals surface area contributed by atoms with Crippen LogP contribution in [0.4, 0.5) is 0 Å². The van der Waals surface area contributed by atoms with Crippen LogP contribution in [0, 0.1) is 11.8 Å². The molecule has 9 unspecified atom stereocenters.